The average Bonchev–Trinajstić information content (AvgIpc) is 2.64. The molecule has 2 rings (SSSR count). The highest BCUT2D eigenvalue weighted by molar-refractivity contribution is 7.99. The van der Waals surface area contributed by atoms with E-state index in [-0.39, 0.29) is 5.38 Å². The van der Waals surface area contributed by atoms with Crippen molar-refractivity contribution in [1.82, 2.24) is 0 Å². The van der Waals surface area contributed by atoms with E-state index < -0.39 is 16.4 Å². The third-order valence-corrected chi connectivity index (χ3v) is 4.78. The van der Waals surface area contributed by atoms with Gasteiger partial charge in [0, 0.05) is 17.2 Å². The summed E-state index contributed by atoms with van der Waals surface area (Å²) in [5.74, 6) is 1.43. The van der Waals surface area contributed by atoms with E-state index in [9.17, 15) is 14.5 Å². The third kappa shape index (κ3) is 2.90. The molecule has 0 aliphatic carbocycles. The van der Waals surface area contributed by atoms with Crippen molar-refractivity contribution >= 4 is 29.1 Å². The topological polar surface area (TPSA) is 43.1 Å². The van der Waals surface area contributed by atoms with Gasteiger partial charge in [-0.2, -0.15) is 16.2 Å². The monoisotopic (exact) mass is 275 g/mol. The summed E-state index contributed by atoms with van der Waals surface area (Å²) >= 11 is 7.91. The van der Waals surface area contributed by atoms with Gasteiger partial charge in [0.1, 0.15) is 0 Å². The van der Waals surface area contributed by atoms with Crippen LogP contribution in [0.15, 0.2) is 18.2 Å². The summed E-state index contributed by atoms with van der Waals surface area (Å²) in [4.78, 5) is 9.76. The number of benzene rings is 1. The Bertz CT molecular complexity index is 443. The standard InChI is InChI=1S/C11H11ClFNO2S/c12-9-6-17-5-8(9)3-7-1-2-11(14(15)16)10(13)4-7/h1-2,4,8-9H,3,5-6H2. The smallest absolute Gasteiger partial charge is 0.258 e. The van der Waals surface area contributed by atoms with Gasteiger partial charge in [0.15, 0.2) is 0 Å². The molecule has 0 amide bonds. The van der Waals surface area contributed by atoms with Gasteiger partial charge in [-0.25, -0.2) is 0 Å². The average molecular weight is 276 g/mol. The first-order valence-corrected chi connectivity index (χ1v) is 6.81. The zero-order valence-electron chi connectivity index (χ0n) is 8.94. The predicted molar refractivity (Wildman–Crippen MR) is 67.2 cm³/mol. The van der Waals surface area contributed by atoms with Crippen molar-refractivity contribution in [3.8, 4) is 0 Å². The van der Waals surface area contributed by atoms with Gasteiger partial charge in [-0.1, -0.05) is 6.07 Å². The van der Waals surface area contributed by atoms with Crippen LogP contribution in [0.3, 0.4) is 0 Å². The molecular formula is C11H11ClFNO2S. The van der Waals surface area contributed by atoms with Crippen molar-refractivity contribution in [2.75, 3.05) is 11.5 Å². The normalized spacial score (nSPS) is 23.9. The number of halogens is 2. The van der Waals surface area contributed by atoms with Gasteiger partial charge in [0.25, 0.3) is 0 Å². The van der Waals surface area contributed by atoms with Crippen LogP contribution in [0, 0.1) is 21.8 Å². The molecule has 0 bridgehead atoms. The van der Waals surface area contributed by atoms with Crippen molar-refractivity contribution in [2.45, 2.75) is 11.8 Å². The molecular weight excluding hydrogens is 265 g/mol. The number of nitro benzene ring substituents is 1. The quantitative estimate of drug-likeness (QED) is 0.483. The zero-order valence-corrected chi connectivity index (χ0v) is 10.5. The van der Waals surface area contributed by atoms with Gasteiger partial charge in [0.2, 0.25) is 5.82 Å². The summed E-state index contributed by atoms with van der Waals surface area (Å²) < 4.78 is 13.4. The fourth-order valence-corrected chi connectivity index (χ4v) is 3.72. The van der Waals surface area contributed by atoms with Crippen LogP contribution in [0.25, 0.3) is 0 Å². The molecule has 1 saturated heterocycles. The third-order valence-electron chi connectivity index (χ3n) is 2.83. The van der Waals surface area contributed by atoms with Crippen LogP contribution < -0.4 is 0 Å². The number of rotatable bonds is 3. The van der Waals surface area contributed by atoms with Crippen LogP contribution >= 0.6 is 23.4 Å². The van der Waals surface area contributed by atoms with Crippen molar-refractivity contribution in [2.24, 2.45) is 5.92 Å². The van der Waals surface area contributed by atoms with E-state index >= 15 is 0 Å². The maximum Gasteiger partial charge on any atom is 0.304 e. The Morgan fingerprint density at radius 2 is 2.29 bits per heavy atom. The molecule has 0 aromatic heterocycles. The summed E-state index contributed by atoms with van der Waals surface area (Å²) in [6.07, 6.45) is 0.677. The van der Waals surface area contributed by atoms with E-state index in [2.05, 4.69) is 0 Å². The molecule has 0 saturated carbocycles. The first-order valence-electron chi connectivity index (χ1n) is 5.22. The second kappa shape index (κ2) is 5.23. The lowest BCUT2D eigenvalue weighted by molar-refractivity contribution is -0.387. The molecule has 1 fully saturated rings. The Labute approximate surface area is 107 Å². The first-order chi connectivity index (χ1) is 8.08. The fourth-order valence-electron chi connectivity index (χ4n) is 1.89. The van der Waals surface area contributed by atoms with E-state index in [0.29, 0.717) is 12.3 Å². The lowest BCUT2D eigenvalue weighted by Crippen LogP contribution is -2.14. The largest absolute Gasteiger partial charge is 0.304 e. The van der Waals surface area contributed by atoms with Gasteiger partial charge >= 0.3 is 5.69 Å². The van der Waals surface area contributed by atoms with E-state index in [1.165, 1.54) is 12.1 Å². The van der Waals surface area contributed by atoms with Gasteiger partial charge in [-0.05, 0) is 29.7 Å². The zero-order chi connectivity index (χ0) is 12.4. The Balaban J connectivity index is 2.12. The second-order valence-corrected chi connectivity index (χ2v) is 5.70. The molecule has 1 aromatic rings. The number of hydrogen-bond donors (Lipinski definition) is 0. The van der Waals surface area contributed by atoms with Crippen LogP contribution in [-0.4, -0.2) is 21.8 Å². The van der Waals surface area contributed by atoms with Crippen LogP contribution in [-0.2, 0) is 6.42 Å². The fraction of sp³-hybridized carbons (Fsp3) is 0.455. The molecule has 17 heavy (non-hydrogen) atoms. The second-order valence-electron chi connectivity index (χ2n) is 4.06. The van der Waals surface area contributed by atoms with Gasteiger partial charge in [0.05, 0.1) is 4.92 Å². The molecule has 6 heteroatoms. The molecule has 0 radical (unpaired) electrons. The van der Waals surface area contributed by atoms with E-state index in [4.69, 9.17) is 11.6 Å². The molecule has 1 aliphatic rings. The highest BCUT2D eigenvalue weighted by Gasteiger charge is 2.26. The Kier molecular flexibility index (Phi) is 3.89. The predicted octanol–water partition coefficient (Wildman–Crippen LogP) is 3.25. The van der Waals surface area contributed by atoms with Crippen molar-refractivity contribution in [1.29, 1.82) is 0 Å². The number of nitrogens with zero attached hydrogens (tertiary/aromatic N) is 1. The van der Waals surface area contributed by atoms with Crippen LogP contribution in [0.5, 0.6) is 0 Å². The number of nitro groups is 1. The molecule has 0 spiro atoms. The first kappa shape index (κ1) is 12.6. The lowest BCUT2D eigenvalue weighted by Gasteiger charge is -2.12. The van der Waals surface area contributed by atoms with Crippen molar-refractivity contribution in [3.05, 3.63) is 39.7 Å². The molecule has 0 N–H and O–H groups in total. The number of alkyl halides is 1. The summed E-state index contributed by atoms with van der Waals surface area (Å²) in [5.41, 5.74) is 0.295. The maximum absolute atomic E-state index is 13.4. The summed E-state index contributed by atoms with van der Waals surface area (Å²) in [6.45, 7) is 0. The van der Waals surface area contributed by atoms with Crippen LogP contribution in [0.2, 0.25) is 0 Å². The number of thioether (sulfide) groups is 1. The number of hydrogen-bond acceptors (Lipinski definition) is 3. The molecule has 3 nitrogen and oxygen atoms in total. The van der Waals surface area contributed by atoms with E-state index in [1.54, 1.807) is 17.8 Å². The van der Waals surface area contributed by atoms with E-state index in [0.717, 1.165) is 17.1 Å². The van der Waals surface area contributed by atoms with Crippen molar-refractivity contribution < 1.29 is 9.31 Å². The molecule has 2 atom stereocenters. The molecule has 1 heterocycles. The molecule has 1 aliphatic heterocycles. The Morgan fingerprint density at radius 1 is 1.53 bits per heavy atom. The van der Waals surface area contributed by atoms with Gasteiger partial charge < -0.3 is 0 Å². The van der Waals surface area contributed by atoms with E-state index in [1.807, 2.05) is 0 Å². The van der Waals surface area contributed by atoms with Crippen LogP contribution in [0.4, 0.5) is 10.1 Å². The SMILES string of the molecule is O=[N+]([O-])c1ccc(CC2CSCC2Cl)cc1F. The minimum absolute atomic E-state index is 0.109. The minimum Gasteiger partial charge on any atom is -0.258 e. The van der Waals surface area contributed by atoms with Crippen LogP contribution in [0.1, 0.15) is 5.56 Å². The summed E-state index contributed by atoms with van der Waals surface area (Å²) in [6, 6.07) is 4.06. The van der Waals surface area contributed by atoms with Crippen molar-refractivity contribution in [3.63, 3.8) is 0 Å². The van der Waals surface area contributed by atoms with Gasteiger partial charge in [-0.3, -0.25) is 10.1 Å². The summed E-state index contributed by atoms with van der Waals surface area (Å²) in [5, 5.41) is 10.6. The molecule has 2 unspecified atom stereocenters. The maximum atomic E-state index is 13.4. The van der Waals surface area contributed by atoms with Gasteiger partial charge in [-0.15, -0.1) is 11.6 Å². The molecule has 1 aromatic carbocycles. The minimum atomic E-state index is -0.774. The summed E-state index contributed by atoms with van der Waals surface area (Å²) in [7, 11) is 0. The lowest BCUT2D eigenvalue weighted by atomic mass is 9.98. The highest BCUT2D eigenvalue weighted by atomic mass is 35.5. The Morgan fingerprint density at radius 3 is 2.82 bits per heavy atom. The Hall–Kier alpha value is -0.810. The highest BCUT2D eigenvalue weighted by Crippen LogP contribution is 2.31. The molecule has 92 valence electrons.